The first-order valence-electron chi connectivity index (χ1n) is 11.2. The van der Waals surface area contributed by atoms with E-state index in [2.05, 4.69) is 4.98 Å². The van der Waals surface area contributed by atoms with Gasteiger partial charge in [0.2, 0.25) is 0 Å². The summed E-state index contributed by atoms with van der Waals surface area (Å²) in [6.07, 6.45) is -0.587. The lowest BCUT2D eigenvalue weighted by molar-refractivity contribution is -0.0582. The fourth-order valence-corrected chi connectivity index (χ4v) is 3.76. The zero-order valence-electron chi connectivity index (χ0n) is 19.8. The fraction of sp³-hybridized carbons (Fsp3) is 0.308. The molecule has 2 heterocycles. The van der Waals surface area contributed by atoms with Crippen LogP contribution in [0.15, 0.2) is 59.5 Å². The van der Waals surface area contributed by atoms with E-state index in [1.54, 1.807) is 37.4 Å². The molecule has 9 heteroatoms. The van der Waals surface area contributed by atoms with E-state index in [4.69, 9.17) is 19.9 Å². The number of aryl methyl sites for hydroxylation is 3. The van der Waals surface area contributed by atoms with Gasteiger partial charge in [0.15, 0.2) is 0 Å². The molecule has 0 radical (unpaired) electrons. The molecule has 4 rings (SSSR count). The topological polar surface area (TPSA) is 123 Å². The molecular weight excluding hydrogens is 453 g/mol. The van der Waals surface area contributed by atoms with E-state index < -0.39 is 36.1 Å². The van der Waals surface area contributed by atoms with Gasteiger partial charge in [-0.05, 0) is 45.0 Å². The maximum Gasteiger partial charge on any atom is 0.351 e. The van der Waals surface area contributed by atoms with E-state index in [0.29, 0.717) is 16.7 Å². The molecule has 0 amide bonds. The van der Waals surface area contributed by atoms with Crippen molar-refractivity contribution >= 4 is 17.8 Å². The molecule has 1 saturated heterocycles. The first-order chi connectivity index (χ1) is 16.7. The van der Waals surface area contributed by atoms with Crippen LogP contribution in [0.25, 0.3) is 0 Å². The number of hydrogen-bond donors (Lipinski definition) is 1. The van der Waals surface area contributed by atoms with Crippen LogP contribution in [0.3, 0.4) is 0 Å². The minimum absolute atomic E-state index is 0.134. The number of carbonyl (C=O) groups excluding carboxylic acids is 2. The average molecular weight is 480 g/mol. The third-order valence-electron chi connectivity index (χ3n) is 5.88. The van der Waals surface area contributed by atoms with Gasteiger partial charge < -0.3 is 19.9 Å². The van der Waals surface area contributed by atoms with Gasteiger partial charge >= 0.3 is 17.6 Å². The van der Waals surface area contributed by atoms with Gasteiger partial charge in [-0.1, -0.05) is 35.4 Å². The molecular formula is C26H27N3O6. The molecule has 0 saturated carbocycles. The van der Waals surface area contributed by atoms with Crippen LogP contribution in [0.5, 0.6) is 0 Å². The summed E-state index contributed by atoms with van der Waals surface area (Å²) in [6.45, 7) is 5.40. The number of nitrogen functional groups attached to an aromatic ring is 1. The number of hydrogen-bond acceptors (Lipinski definition) is 8. The van der Waals surface area contributed by atoms with Crippen LogP contribution < -0.4 is 11.4 Å². The van der Waals surface area contributed by atoms with E-state index in [9.17, 15) is 14.4 Å². The number of nitrogens with zero attached hydrogens (tertiary/aromatic N) is 2. The highest BCUT2D eigenvalue weighted by molar-refractivity contribution is 5.90. The van der Waals surface area contributed by atoms with Crippen LogP contribution in [-0.2, 0) is 14.2 Å². The van der Waals surface area contributed by atoms with Crippen molar-refractivity contribution in [3.8, 4) is 0 Å². The Hall–Kier alpha value is -3.98. The second-order valence-corrected chi connectivity index (χ2v) is 8.64. The van der Waals surface area contributed by atoms with Crippen molar-refractivity contribution in [3.05, 3.63) is 93.0 Å². The summed E-state index contributed by atoms with van der Waals surface area (Å²) in [5.41, 5.74) is 8.57. The summed E-state index contributed by atoms with van der Waals surface area (Å²) < 4.78 is 18.5. The summed E-state index contributed by atoms with van der Waals surface area (Å²) >= 11 is 0. The van der Waals surface area contributed by atoms with Crippen LogP contribution >= 0.6 is 0 Å². The SMILES string of the molecule is Cc1ccc(C(=O)OC[C@H]2O[C@@H]([15n]3cc(C)c(N)[15n][13c]3=O)C[C@@H]2OC(=O)c2ccc(C)cc2)cc1. The molecule has 1 aliphatic heterocycles. The van der Waals surface area contributed by atoms with Gasteiger partial charge in [-0.2, -0.15) is 4.98 Å². The molecule has 1 aromatic heterocycles. The Morgan fingerprint density at radius 2 is 1.57 bits per heavy atom. The molecule has 0 spiro atoms. The molecule has 2 aromatic carbocycles. The van der Waals surface area contributed by atoms with Crippen molar-refractivity contribution < 1.29 is 23.8 Å². The number of ether oxygens (including phenoxy) is 3. The highest BCUT2D eigenvalue weighted by Crippen LogP contribution is 2.31. The summed E-state index contributed by atoms with van der Waals surface area (Å²) in [5, 5.41) is 0. The number of anilines is 1. The molecule has 1 fully saturated rings. The molecule has 1 aliphatic rings. The lowest BCUT2D eigenvalue weighted by Gasteiger charge is -2.19. The van der Waals surface area contributed by atoms with Gasteiger partial charge in [0.05, 0.1) is 11.1 Å². The first-order valence-corrected chi connectivity index (χ1v) is 11.2. The normalized spacial score (nSPS) is 19.3. The standard InChI is InChI=1S/C26H27N3O6/c1-15-4-8-18(9-5-15)24(30)33-14-21-20(35-25(31)19-10-6-16(2)7-11-19)12-22(34-21)29-13-17(3)23(27)28-26(29)32/h4-11,13,20-22H,12,14H2,1-3H3,(H2,27,28,32)/t20-,21+,22+/m0/s1/i26+1,28+1,29+1. The smallest absolute Gasteiger partial charge is 0.351 e. The molecule has 35 heavy (non-hydrogen) atoms. The highest BCUT2D eigenvalue weighted by atomic mass is 16.6. The lowest BCUT2D eigenvalue weighted by Crippen LogP contribution is -2.32. The molecule has 3 atom stereocenters. The number of benzene rings is 2. The van der Waals surface area contributed by atoms with Crippen LogP contribution in [0.2, 0.25) is 0 Å². The number of carbonyl (C=O) groups is 2. The zero-order chi connectivity index (χ0) is 25.1. The molecule has 0 bridgehead atoms. The molecule has 2 N–H and O–H groups in total. The quantitative estimate of drug-likeness (QED) is 0.534. The van der Waals surface area contributed by atoms with E-state index in [1.807, 2.05) is 38.1 Å². The monoisotopic (exact) mass is 480 g/mol. The van der Waals surface area contributed by atoms with Crippen LogP contribution in [-0.4, -0.2) is 40.3 Å². The Balaban J connectivity index is 1.53. The Morgan fingerprint density at radius 1 is 1.00 bits per heavy atom. The Morgan fingerprint density at radius 3 is 2.17 bits per heavy atom. The van der Waals surface area contributed by atoms with E-state index in [0.717, 1.165) is 11.1 Å². The van der Waals surface area contributed by atoms with Crippen LogP contribution in [0, 0.1) is 20.8 Å². The van der Waals surface area contributed by atoms with E-state index in [-0.39, 0.29) is 18.8 Å². The first kappa shape index (κ1) is 24.2. The number of nitrogens with two attached hydrogens (primary N) is 1. The van der Waals surface area contributed by atoms with E-state index >= 15 is 0 Å². The van der Waals surface area contributed by atoms with Gasteiger partial charge in [0.25, 0.3) is 0 Å². The largest absolute Gasteiger partial charge is 0.459 e. The van der Waals surface area contributed by atoms with Crippen molar-refractivity contribution in [1.82, 2.24) is 9.55 Å². The maximum absolute atomic E-state index is 12.8. The lowest BCUT2D eigenvalue weighted by atomic mass is 10.1. The second kappa shape index (κ2) is 10.1. The zero-order valence-corrected chi connectivity index (χ0v) is 19.8. The van der Waals surface area contributed by atoms with Crippen molar-refractivity contribution in [2.24, 2.45) is 0 Å². The number of rotatable bonds is 6. The molecule has 0 aliphatic carbocycles. The van der Waals surface area contributed by atoms with Crippen molar-refractivity contribution in [2.75, 3.05) is 12.3 Å². The molecule has 182 valence electrons. The average Bonchev–Trinajstić information content (AvgIpc) is 3.22. The Kier molecular flexibility index (Phi) is 6.97. The minimum Gasteiger partial charge on any atom is -0.459 e. The van der Waals surface area contributed by atoms with Crippen molar-refractivity contribution in [3.63, 3.8) is 0 Å². The van der Waals surface area contributed by atoms with Gasteiger partial charge in [-0.3, -0.25) is 4.57 Å². The van der Waals surface area contributed by atoms with Gasteiger partial charge in [-0.15, -0.1) is 0 Å². The van der Waals surface area contributed by atoms with Gasteiger partial charge in [0.1, 0.15) is 30.9 Å². The third kappa shape index (κ3) is 5.58. The molecule has 0 unspecified atom stereocenters. The minimum atomic E-state index is -0.784. The fourth-order valence-electron chi connectivity index (χ4n) is 3.76. The predicted molar refractivity (Wildman–Crippen MR) is 128 cm³/mol. The highest BCUT2D eigenvalue weighted by Gasteiger charge is 2.40. The van der Waals surface area contributed by atoms with Gasteiger partial charge in [-0.25, -0.2) is 14.4 Å². The van der Waals surface area contributed by atoms with Crippen LogP contribution in [0.4, 0.5) is 5.82 Å². The Bertz CT molecular complexity index is 1280. The summed E-state index contributed by atoms with van der Waals surface area (Å²) in [5.74, 6) is -0.925. The molecule has 3 aromatic rings. The summed E-state index contributed by atoms with van der Waals surface area (Å²) in [6, 6.07) is 14.0. The maximum atomic E-state index is 12.8. The third-order valence-corrected chi connectivity index (χ3v) is 5.88. The second-order valence-electron chi connectivity index (χ2n) is 8.64. The summed E-state index contributed by atoms with van der Waals surface area (Å²) in [7, 11) is 0. The number of esters is 2. The Labute approximate surface area is 202 Å². The van der Waals surface area contributed by atoms with Crippen molar-refractivity contribution in [1.29, 1.82) is 0 Å². The van der Waals surface area contributed by atoms with Gasteiger partial charge in [0, 0.05) is 18.2 Å². The van der Waals surface area contributed by atoms with Crippen molar-refractivity contribution in [2.45, 2.75) is 45.6 Å². The summed E-state index contributed by atoms with van der Waals surface area (Å²) in [4.78, 5) is 41.6. The van der Waals surface area contributed by atoms with E-state index in [1.165, 1.54) is 4.57 Å². The predicted octanol–water partition coefficient (Wildman–Crippen LogP) is 3.12. The molecule has 9 nitrogen and oxygen atoms in total. The number of aromatic nitrogens is 2. The van der Waals surface area contributed by atoms with Crippen LogP contribution in [0.1, 0.15) is 50.1 Å².